The summed E-state index contributed by atoms with van der Waals surface area (Å²) >= 11 is 1.33. The fraction of sp³-hybridized carbons (Fsp3) is 0.444. The molecule has 0 saturated carbocycles. The summed E-state index contributed by atoms with van der Waals surface area (Å²) in [7, 11) is 0. The summed E-state index contributed by atoms with van der Waals surface area (Å²) in [4.78, 5) is 34.6. The average molecular weight is 604 g/mol. The number of halogens is 6. The zero-order chi connectivity index (χ0) is 30.5. The van der Waals surface area contributed by atoms with E-state index in [1.807, 2.05) is 18.7 Å². The fourth-order valence-corrected chi connectivity index (χ4v) is 5.45. The zero-order valence-electron chi connectivity index (χ0n) is 22.8. The Labute approximate surface area is 238 Å². The van der Waals surface area contributed by atoms with Crippen molar-refractivity contribution in [2.75, 3.05) is 50.7 Å². The molecule has 0 spiro atoms. The highest BCUT2D eigenvalue weighted by Gasteiger charge is 2.33. The van der Waals surface area contributed by atoms with E-state index >= 15 is 0 Å². The van der Waals surface area contributed by atoms with Crippen LogP contribution in [0.25, 0.3) is 5.70 Å². The Balaban J connectivity index is 1.64. The van der Waals surface area contributed by atoms with E-state index in [0.29, 0.717) is 48.2 Å². The van der Waals surface area contributed by atoms with E-state index in [2.05, 4.69) is 16.5 Å². The van der Waals surface area contributed by atoms with E-state index in [1.54, 1.807) is 0 Å². The van der Waals surface area contributed by atoms with Crippen molar-refractivity contribution in [3.05, 3.63) is 52.4 Å². The van der Waals surface area contributed by atoms with Crippen LogP contribution in [0.2, 0.25) is 0 Å². The van der Waals surface area contributed by atoms with Crippen LogP contribution in [-0.2, 0) is 15.8 Å². The second-order valence-electron chi connectivity index (χ2n) is 9.50. The minimum absolute atomic E-state index is 0.157. The Morgan fingerprint density at radius 2 is 1.66 bits per heavy atom. The quantitative estimate of drug-likeness (QED) is 0.151. The molecule has 0 bridgehead atoms. The van der Waals surface area contributed by atoms with E-state index in [-0.39, 0.29) is 6.54 Å². The van der Waals surface area contributed by atoms with Gasteiger partial charge in [0.25, 0.3) is 0 Å². The van der Waals surface area contributed by atoms with Crippen LogP contribution in [0.1, 0.15) is 28.5 Å². The van der Waals surface area contributed by atoms with Gasteiger partial charge in [0.05, 0.1) is 16.8 Å². The predicted octanol–water partition coefficient (Wildman–Crippen LogP) is 5.71. The van der Waals surface area contributed by atoms with Gasteiger partial charge in [0.15, 0.2) is 0 Å². The minimum atomic E-state index is -4.55. The van der Waals surface area contributed by atoms with Gasteiger partial charge in [-0.15, -0.1) is 11.3 Å². The Kier molecular flexibility index (Phi) is 10.1. The molecule has 0 atom stereocenters. The number of likely N-dealkylation sites (N-methyl/N-ethyl adjacent to an activating group) is 1. The number of alkyl halides is 6. The van der Waals surface area contributed by atoms with Crippen LogP contribution in [0.4, 0.5) is 37.0 Å². The highest BCUT2D eigenvalue weighted by molar-refractivity contribution is 7.17. The summed E-state index contributed by atoms with van der Waals surface area (Å²) in [5.41, 5.74) is 2.53. The van der Waals surface area contributed by atoms with Gasteiger partial charge >= 0.3 is 12.4 Å². The number of rotatable bonds is 10. The molecule has 1 saturated heterocycles. The molecule has 1 aliphatic rings. The smallest absolute Gasteiger partial charge is 0.368 e. The minimum Gasteiger partial charge on any atom is -0.368 e. The van der Waals surface area contributed by atoms with Crippen molar-refractivity contribution in [2.24, 2.45) is 4.99 Å². The van der Waals surface area contributed by atoms with E-state index in [4.69, 9.17) is 0 Å². The monoisotopic (exact) mass is 603 g/mol. The molecule has 1 aliphatic heterocycles. The first-order chi connectivity index (χ1) is 19.1. The summed E-state index contributed by atoms with van der Waals surface area (Å²) in [6.45, 7) is 9.64. The molecule has 0 radical (unpaired) electrons. The number of carbonyl (C=O) groups is 2. The molecule has 0 unspecified atom stereocenters. The number of nitrogens with zero attached hydrogens (tertiary/aromatic N) is 5. The molecule has 0 N–H and O–H groups in total. The molecule has 7 nitrogen and oxygen atoms in total. The van der Waals surface area contributed by atoms with Gasteiger partial charge in [0.1, 0.15) is 18.1 Å². The molecule has 2 aromatic rings. The molecular formula is C27H31F6N5O2S. The lowest BCUT2D eigenvalue weighted by molar-refractivity contribution is -0.161. The second-order valence-corrected chi connectivity index (χ2v) is 10.5. The molecule has 1 aromatic heterocycles. The number of benzene rings is 1. The molecule has 2 amide bonds. The molecule has 2 heterocycles. The van der Waals surface area contributed by atoms with Gasteiger partial charge < -0.3 is 14.7 Å². The number of amides is 2. The van der Waals surface area contributed by atoms with Crippen LogP contribution in [0.5, 0.6) is 0 Å². The summed E-state index contributed by atoms with van der Waals surface area (Å²) in [6, 6.07) is 5.09. The highest BCUT2D eigenvalue weighted by atomic mass is 32.1. The van der Waals surface area contributed by atoms with Crippen LogP contribution in [-0.4, -0.2) is 85.3 Å². The lowest BCUT2D eigenvalue weighted by atomic mass is 10.1. The van der Waals surface area contributed by atoms with Crippen molar-refractivity contribution >= 4 is 46.4 Å². The van der Waals surface area contributed by atoms with E-state index < -0.39 is 36.9 Å². The number of aliphatic imine (C=N–C) groups is 1. The van der Waals surface area contributed by atoms with Crippen molar-refractivity contribution < 1.29 is 35.9 Å². The largest absolute Gasteiger partial charge is 0.416 e. The molecule has 0 aliphatic carbocycles. The maximum absolute atomic E-state index is 12.9. The maximum atomic E-state index is 12.9. The number of hydrogen-bond donors (Lipinski definition) is 0. The second kappa shape index (κ2) is 13.0. The van der Waals surface area contributed by atoms with Gasteiger partial charge in [-0.1, -0.05) is 6.58 Å². The highest BCUT2D eigenvalue weighted by Crippen LogP contribution is 2.39. The summed E-state index contributed by atoms with van der Waals surface area (Å²) in [5, 5.41) is 0.559. The topological polar surface area (TPSA) is 59.5 Å². The summed E-state index contributed by atoms with van der Waals surface area (Å²) in [6.07, 6.45) is -7.48. The van der Waals surface area contributed by atoms with Crippen LogP contribution in [0.3, 0.4) is 0 Å². The Morgan fingerprint density at radius 1 is 1.05 bits per heavy atom. The van der Waals surface area contributed by atoms with Gasteiger partial charge in [-0.2, -0.15) is 26.3 Å². The van der Waals surface area contributed by atoms with Crippen LogP contribution >= 0.6 is 11.3 Å². The number of hydrogen-bond acceptors (Lipinski definition) is 6. The Morgan fingerprint density at radius 3 is 2.17 bits per heavy atom. The van der Waals surface area contributed by atoms with Gasteiger partial charge in [0, 0.05) is 44.1 Å². The van der Waals surface area contributed by atoms with Gasteiger partial charge in [-0.05, 0) is 56.2 Å². The first kappa shape index (κ1) is 32.0. The third-order valence-electron chi connectivity index (χ3n) is 6.79. The number of piperazine rings is 1. The first-order valence-electron chi connectivity index (χ1n) is 12.7. The van der Waals surface area contributed by atoms with E-state index in [9.17, 15) is 35.9 Å². The summed E-state index contributed by atoms with van der Waals surface area (Å²) < 4.78 is 76.8. The molecule has 3 rings (SSSR count). The maximum Gasteiger partial charge on any atom is 0.416 e. The Bertz CT molecular complexity index is 1260. The molecule has 224 valence electrons. The van der Waals surface area contributed by atoms with Crippen LogP contribution in [0, 0.1) is 13.8 Å². The molecule has 1 fully saturated rings. The van der Waals surface area contributed by atoms with E-state index in [0.717, 1.165) is 45.1 Å². The van der Waals surface area contributed by atoms with E-state index in [1.165, 1.54) is 30.4 Å². The van der Waals surface area contributed by atoms with Crippen molar-refractivity contribution in [1.29, 1.82) is 0 Å². The van der Waals surface area contributed by atoms with Crippen molar-refractivity contribution in [1.82, 2.24) is 14.7 Å². The average Bonchev–Trinajstić information content (AvgIpc) is 3.21. The van der Waals surface area contributed by atoms with Gasteiger partial charge in [-0.3, -0.25) is 14.5 Å². The molecule has 14 heteroatoms. The number of thiophene rings is 1. The number of anilines is 1. The lowest BCUT2D eigenvalue weighted by Gasteiger charge is -2.38. The molecule has 41 heavy (non-hydrogen) atoms. The third-order valence-corrected chi connectivity index (χ3v) is 8.14. The Hall–Kier alpha value is -3.55. The van der Waals surface area contributed by atoms with Gasteiger partial charge in [-0.25, -0.2) is 4.99 Å². The van der Waals surface area contributed by atoms with Crippen molar-refractivity contribution in [2.45, 2.75) is 33.1 Å². The molecule has 1 aromatic carbocycles. The van der Waals surface area contributed by atoms with Gasteiger partial charge in [0.2, 0.25) is 12.3 Å². The normalized spacial score (nSPS) is 14.5. The van der Waals surface area contributed by atoms with Crippen LogP contribution in [0.15, 0.2) is 35.8 Å². The van der Waals surface area contributed by atoms with Crippen molar-refractivity contribution in [3.63, 3.8) is 0 Å². The lowest BCUT2D eigenvalue weighted by Crippen LogP contribution is -2.45. The molecular weight excluding hydrogens is 572 g/mol. The standard InChI is InChI=1S/C27H31F6N5O2S/c1-5-36(15-26(28,29)30)23(40)14-35(17-39)16-34-25-19(3)18(2)24(41-25)20(4)37-10-12-38(13-11-37)22-8-6-21(7-9-22)27(31,32)33/h6-9,16-17H,4-5,10-15H2,1-3H3/b34-16-. The SMILES string of the molecule is C=C(c1sc(/N=C\N(C=O)CC(=O)N(CC)CC(F)(F)F)c(C)c1C)N1CCN(c2ccc(C(F)(F)F)cc2)CC1. The third kappa shape index (κ3) is 8.24. The first-order valence-corrected chi connectivity index (χ1v) is 13.5. The fourth-order valence-electron chi connectivity index (χ4n) is 4.30. The van der Waals surface area contributed by atoms with Crippen LogP contribution < -0.4 is 4.90 Å². The van der Waals surface area contributed by atoms with Crippen molar-refractivity contribution in [3.8, 4) is 0 Å². The summed E-state index contributed by atoms with van der Waals surface area (Å²) in [5.74, 6) is -0.855. The predicted molar refractivity (Wildman–Crippen MR) is 147 cm³/mol. The number of carbonyl (C=O) groups excluding carboxylic acids is 2. The zero-order valence-corrected chi connectivity index (χ0v) is 23.7.